The molecule has 3 fully saturated rings. The molecule has 3 aliphatic rings. The summed E-state index contributed by atoms with van der Waals surface area (Å²) in [7, 11) is 0. The maximum Gasteiger partial charge on any atom is 0.185 e. The maximum atomic E-state index is 5.04. The van der Waals surface area contributed by atoms with E-state index in [2.05, 4.69) is 17.1 Å². The summed E-state index contributed by atoms with van der Waals surface area (Å²) in [4.78, 5) is 9.12. The zero-order chi connectivity index (χ0) is 13.5. The molecule has 0 amide bonds. The van der Waals surface area contributed by atoms with Crippen molar-refractivity contribution in [1.82, 2.24) is 10.3 Å². The minimum Gasteiger partial charge on any atom is -0.348 e. The van der Waals surface area contributed by atoms with Gasteiger partial charge in [0.15, 0.2) is 5.13 Å². The van der Waals surface area contributed by atoms with Crippen molar-refractivity contribution in [2.75, 3.05) is 24.5 Å². The molecule has 1 aliphatic heterocycles. The third-order valence-electron chi connectivity index (χ3n) is 5.21. The molecule has 0 spiro atoms. The fourth-order valence-corrected chi connectivity index (χ4v) is 5.05. The molecule has 3 nitrogen and oxygen atoms in total. The fraction of sp³-hybridized carbons (Fsp3) is 0.812. The second-order valence-corrected chi connectivity index (χ2v) is 7.78. The van der Waals surface area contributed by atoms with Crippen LogP contribution in [0.25, 0.3) is 0 Å². The molecular formula is C16H25N3S. The molecule has 20 heavy (non-hydrogen) atoms. The number of aromatic nitrogens is 1. The maximum absolute atomic E-state index is 5.04. The number of rotatable bonds is 5. The molecule has 1 saturated heterocycles. The van der Waals surface area contributed by atoms with Gasteiger partial charge in [0, 0.05) is 30.4 Å². The van der Waals surface area contributed by atoms with E-state index in [1.165, 1.54) is 60.9 Å². The van der Waals surface area contributed by atoms with Gasteiger partial charge in [0.2, 0.25) is 0 Å². The first-order valence-corrected chi connectivity index (χ1v) is 9.12. The van der Waals surface area contributed by atoms with E-state index in [1.807, 2.05) is 11.3 Å². The summed E-state index contributed by atoms with van der Waals surface area (Å²) < 4.78 is 0. The van der Waals surface area contributed by atoms with E-state index < -0.39 is 0 Å². The largest absolute Gasteiger partial charge is 0.348 e. The van der Waals surface area contributed by atoms with Crippen LogP contribution >= 0.6 is 11.3 Å². The van der Waals surface area contributed by atoms with Gasteiger partial charge < -0.3 is 10.2 Å². The van der Waals surface area contributed by atoms with Crippen LogP contribution in [0.4, 0.5) is 5.13 Å². The summed E-state index contributed by atoms with van der Waals surface area (Å²) in [6.45, 7) is 6.78. The molecule has 4 heteroatoms. The number of nitrogens with zero attached hydrogens (tertiary/aromatic N) is 2. The van der Waals surface area contributed by atoms with E-state index >= 15 is 0 Å². The van der Waals surface area contributed by atoms with Crippen LogP contribution in [0.1, 0.15) is 55.5 Å². The summed E-state index contributed by atoms with van der Waals surface area (Å²) in [6.07, 6.45) is 7.07. The van der Waals surface area contributed by atoms with Crippen LogP contribution < -0.4 is 10.2 Å². The van der Waals surface area contributed by atoms with Crippen molar-refractivity contribution in [1.29, 1.82) is 0 Å². The molecule has 2 heterocycles. The number of thiazole rings is 1. The number of hydrogen-bond donors (Lipinski definition) is 1. The van der Waals surface area contributed by atoms with Crippen LogP contribution in [0.15, 0.2) is 0 Å². The normalized spacial score (nSPS) is 29.1. The number of fused-ring (bicyclic) bond motifs is 1. The average Bonchev–Trinajstić information content (AvgIpc) is 2.87. The first kappa shape index (κ1) is 13.1. The highest BCUT2D eigenvalue weighted by molar-refractivity contribution is 7.15. The van der Waals surface area contributed by atoms with E-state index in [4.69, 9.17) is 4.98 Å². The molecular weight excluding hydrogens is 266 g/mol. The zero-order valence-corrected chi connectivity index (χ0v) is 13.2. The topological polar surface area (TPSA) is 28.2 Å². The Morgan fingerprint density at radius 3 is 2.60 bits per heavy atom. The van der Waals surface area contributed by atoms with Gasteiger partial charge in [-0.15, -0.1) is 11.3 Å². The minimum absolute atomic E-state index is 0.774. The molecule has 0 bridgehead atoms. The average molecular weight is 291 g/mol. The van der Waals surface area contributed by atoms with Crippen LogP contribution in [-0.4, -0.2) is 24.6 Å². The Bertz CT molecular complexity index is 468. The summed E-state index contributed by atoms with van der Waals surface area (Å²) in [5.41, 5.74) is 1.42. The molecule has 0 radical (unpaired) electrons. The Kier molecular flexibility index (Phi) is 3.47. The predicted molar refractivity (Wildman–Crippen MR) is 84.5 cm³/mol. The highest BCUT2D eigenvalue weighted by atomic mass is 32.1. The van der Waals surface area contributed by atoms with Crippen molar-refractivity contribution < 1.29 is 0 Å². The molecule has 2 unspecified atom stereocenters. The zero-order valence-electron chi connectivity index (χ0n) is 12.4. The van der Waals surface area contributed by atoms with Gasteiger partial charge in [-0.25, -0.2) is 4.98 Å². The van der Waals surface area contributed by atoms with E-state index in [0.29, 0.717) is 0 Å². The van der Waals surface area contributed by atoms with Crippen LogP contribution in [0.5, 0.6) is 0 Å². The van der Waals surface area contributed by atoms with Gasteiger partial charge in [0.25, 0.3) is 0 Å². The molecule has 2 aliphatic carbocycles. The molecule has 110 valence electrons. The molecule has 2 saturated carbocycles. The van der Waals surface area contributed by atoms with Gasteiger partial charge in [-0.2, -0.15) is 0 Å². The van der Waals surface area contributed by atoms with Crippen molar-refractivity contribution >= 4 is 16.5 Å². The lowest BCUT2D eigenvalue weighted by atomic mass is 10.0. The lowest BCUT2D eigenvalue weighted by molar-refractivity contribution is 0.494. The quantitative estimate of drug-likeness (QED) is 0.901. The van der Waals surface area contributed by atoms with Gasteiger partial charge in [0.05, 0.1) is 5.69 Å². The van der Waals surface area contributed by atoms with Gasteiger partial charge in [-0.05, 0) is 44.1 Å². The molecule has 1 N–H and O–H groups in total. The lowest BCUT2D eigenvalue weighted by Crippen LogP contribution is -2.20. The van der Waals surface area contributed by atoms with Crippen molar-refractivity contribution in [2.24, 2.45) is 11.8 Å². The van der Waals surface area contributed by atoms with Crippen LogP contribution in [0, 0.1) is 11.8 Å². The van der Waals surface area contributed by atoms with Crippen LogP contribution in [0.2, 0.25) is 0 Å². The summed E-state index contributed by atoms with van der Waals surface area (Å²) in [6, 6.07) is 0. The Hall–Kier alpha value is -0.610. The van der Waals surface area contributed by atoms with E-state index in [-0.39, 0.29) is 0 Å². The van der Waals surface area contributed by atoms with Crippen molar-refractivity contribution in [3.05, 3.63) is 10.6 Å². The number of anilines is 1. The Balaban J connectivity index is 1.53. The first-order valence-electron chi connectivity index (χ1n) is 8.30. The molecule has 0 aromatic carbocycles. The van der Waals surface area contributed by atoms with Crippen LogP contribution in [0.3, 0.4) is 0 Å². The van der Waals surface area contributed by atoms with E-state index in [9.17, 15) is 0 Å². The van der Waals surface area contributed by atoms with Gasteiger partial charge in [-0.1, -0.05) is 13.3 Å². The summed E-state index contributed by atoms with van der Waals surface area (Å²) in [5, 5.41) is 4.80. The smallest absolute Gasteiger partial charge is 0.185 e. The summed E-state index contributed by atoms with van der Waals surface area (Å²) >= 11 is 1.96. The monoisotopic (exact) mass is 291 g/mol. The van der Waals surface area contributed by atoms with Gasteiger partial charge >= 0.3 is 0 Å². The molecule has 1 aromatic rings. The van der Waals surface area contributed by atoms with E-state index in [0.717, 1.165) is 30.8 Å². The van der Waals surface area contributed by atoms with Crippen molar-refractivity contribution in [3.63, 3.8) is 0 Å². The standard InChI is InChI=1S/C16H25N3S/c1-2-17-8-14-15(11-6-7-11)18-16(20-14)19-9-12-4-3-5-13(12)10-19/h11-13,17H,2-10H2,1H3. The first-order chi connectivity index (χ1) is 9.85. The Morgan fingerprint density at radius 2 is 1.95 bits per heavy atom. The Morgan fingerprint density at radius 1 is 1.20 bits per heavy atom. The molecule has 2 atom stereocenters. The van der Waals surface area contributed by atoms with Crippen molar-refractivity contribution in [3.8, 4) is 0 Å². The highest BCUT2D eigenvalue weighted by Crippen LogP contribution is 2.46. The van der Waals surface area contributed by atoms with Gasteiger partial charge in [0.1, 0.15) is 0 Å². The second-order valence-electron chi connectivity index (χ2n) is 6.72. The lowest BCUT2D eigenvalue weighted by Gasteiger charge is -2.15. The SMILES string of the molecule is CCNCc1sc(N2CC3CCCC3C2)nc1C1CC1. The molecule has 1 aromatic heterocycles. The third-order valence-corrected chi connectivity index (χ3v) is 6.34. The molecule has 4 rings (SSSR count). The Labute approximate surface area is 125 Å². The highest BCUT2D eigenvalue weighted by Gasteiger charge is 2.38. The van der Waals surface area contributed by atoms with Crippen molar-refractivity contribution in [2.45, 2.75) is 51.5 Å². The summed E-state index contributed by atoms with van der Waals surface area (Å²) in [5.74, 6) is 2.69. The van der Waals surface area contributed by atoms with Gasteiger partial charge in [-0.3, -0.25) is 0 Å². The second kappa shape index (κ2) is 5.30. The minimum atomic E-state index is 0.774. The van der Waals surface area contributed by atoms with Crippen LogP contribution in [-0.2, 0) is 6.54 Å². The predicted octanol–water partition coefficient (Wildman–Crippen LogP) is 3.37. The number of hydrogen-bond acceptors (Lipinski definition) is 4. The van der Waals surface area contributed by atoms with E-state index in [1.54, 1.807) is 0 Å². The fourth-order valence-electron chi connectivity index (χ4n) is 3.92. The third kappa shape index (κ3) is 2.37. The number of nitrogens with one attached hydrogen (secondary N) is 1.